The van der Waals surface area contributed by atoms with Crippen LogP contribution in [0.3, 0.4) is 0 Å². The van der Waals surface area contributed by atoms with E-state index in [0.29, 0.717) is 17.5 Å². The number of thiophene rings is 1. The van der Waals surface area contributed by atoms with Crippen molar-refractivity contribution in [2.45, 2.75) is 0 Å². The van der Waals surface area contributed by atoms with E-state index in [4.69, 9.17) is 15.0 Å². The van der Waals surface area contributed by atoms with Gasteiger partial charge in [-0.2, -0.15) is 0 Å². The van der Waals surface area contributed by atoms with Crippen molar-refractivity contribution in [1.82, 2.24) is 19.5 Å². The van der Waals surface area contributed by atoms with Crippen LogP contribution in [-0.4, -0.2) is 19.5 Å². The van der Waals surface area contributed by atoms with Crippen LogP contribution in [0.5, 0.6) is 0 Å². The van der Waals surface area contributed by atoms with Gasteiger partial charge in [-0.3, -0.25) is 0 Å². The fourth-order valence-electron chi connectivity index (χ4n) is 8.92. The number of para-hydroxylation sites is 2. The van der Waals surface area contributed by atoms with E-state index in [1.807, 2.05) is 29.5 Å². The van der Waals surface area contributed by atoms with Crippen LogP contribution >= 0.6 is 11.3 Å². The van der Waals surface area contributed by atoms with Gasteiger partial charge in [0.05, 0.1) is 22.3 Å². The minimum Gasteiger partial charge on any atom is -0.308 e. The fourth-order valence-corrected chi connectivity index (χ4v) is 10.2. The molecule has 0 unspecified atom stereocenters. The van der Waals surface area contributed by atoms with Crippen molar-refractivity contribution in [2.24, 2.45) is 0 Å². The number of fused-ring (bicyclic) bond motifs is 7. The van der Waals surface area contributed by atoms with Gasteiger partial charge in [0, 0.05) is 42.1 Å². The Morgan fingerprint density at radius 1 is 0.333 bits per heavy atom. The maximum absolute atomic E-state index is 5.43. The first-order chi connectivity index (χ1) is 29.8. The summed E-state index contributed by atoms with van der Waals surface area (Å²) in [4.78, 5) is 16.0. The van der Waals surface area contributed by atoms with E-state index >= 15 is 0 Å². The predicted octanol–water partition coefficient (Wildman–Crippen LogP) is 14.8. The molecule has 12 aromatic rings. The Labute approximate surface area is 350 Å². The largest absolute Gasteiger partial charge is 0.308 e. The number of nitrogens with zero attached hydrogens (tertiary/aromatic N) is 4. The van der Waals surface area contributed by atoms with E-state index in [1.54, 1.807) is 0 Å². The van der Waals surface area contributed by atoms with Crippen molar-refractivity contribution in [3.8, 4) is 62.1 Å². The van der Waals surface area contributed by atoms with Crippen LogP contribution in [0.1, 0.15) is 0 Å². The van der Waals surface area contributed by atoms with Gasteiger partial charge in [-0.15, -0.1) is 11.3 Å². The van der Waals surface area contributed by atoms with Gasteiger partial charge in [-0.1, -0.05) is 182 Å². The summed E-state index contributed by atoms with van der Waals surface area (Å²) in [5.74, 6) is 1.86. The molecule has 3 heterocycles. The second-order valence-electron chi connectivity index (χ2n) is 15.1. The first-order valence-electron chi connectivity index (χ1n) is 20.2. The van der Waals surface area contributed by atoms with Crippen molar-refractivity contribution in [1.29, 1.82) is 0 Å². The van der Waals surface area contributed by atoms with Gasteiger partial charge >= 0.3 is 0 Å². The zero-order valence-corrected chi connectivity index (χ0v) is 33.1. The van der Waals surface area contributed by atoms with Crippen molar-refractivity contribution >= 4 is 64.1 Å². The Balaban J connectivity index is 1.12. The zero-order valence-electron chi connectivity index (χ0n) is 32.3. The molecule has 0 fully saturated rings. The van der Waals surface area contributed by atoms with Crippen molar-refractivity contribution in [3.05, 3.63) is 206 Å². The smallest absolute Gasteiger partial charge is 0.166 e. The van der Waals surface area contributed by atoms with Crippen molar-refractivity contribution in [3.63, 3.8) is 0 Å². The molecule has 0 saturated carbocycles. The van der Waals surface area contributed by atoms with Gasteiger partial charge in [0.1, 0.15) is 0 Å². The first-order valence-corrected chi connectivity index (χ1v) is 21.0. The molecule has 0 amide bonds. The monoisotopic (exact) mass is 782 g/mol. The molecular formula is C55H34N4S. The maximum atomic E-state index is 5.43. The van der Waals surface area contributed by atoms with Crippen LogP contribution in [0.2, 0.25) is 0 Å². The lowest BCUT2D eigenvalue weighted by atomic mass is 9.92. The number of aromatic nitrogens is 4. The molecule has 0 atom stereocenters. The lowest BCUT2D eigenvalue weighted by Crippen LogP contribution is -2.05. The summed E-state index contributed by atoms with van der Waals surface area (Å²) in [5.41, 5.74) is 10.7. The average Bonchev–Trinajstić information content (AvgIpc) is 3.88. The minimum atomic E-state index is 0.616. The first kappa shape index (κ1) is 34.3. The Bertz CT molecular complexity index is 3530. The third-order valence-corrected chi connectivity index (χ3v) is 12.9. The lowest BCUT2D eigenvalue weighted by molar-refractivity contribution is 1.07. The van der Waals surface area contributed by atoms with Gasteiger partial charge in [-0.25, -0.2) is 15.0 Å². The zero-order chi connectivity index (χ0) is 39.6. The Hall–Kier alpha value is -7.73. The number of hydrogen-bond donors (Lipinski definition) is 0. The van der Waals surface area contributed by atoms with E-state index < -0.39 is 0 Å². The molecule has 280 valence electrons. The predicted molar refractivity (Wildman–Crippen MR) is 252 cm³/mol. The molecule has 5 heteroatoms. The Kier molecular flexibility index (Phi) is 8.00. The second-order valence-corrected chi connectivity index (χ2v) is 16.2. The minimum absolute atomic E-state index is 0.616. The highest BCUT2D eigenvalue weighted by atomic mass is 32.1. The summed E-state index contributed by atoms with van der Waals surface area (Å²) in [7, 11) is 0. The highest BCUT2D eigenvalue weighted by molar-refractivity contribution is 7.26. The molecule has 0 aliphatic rings. The van der Waals surface area contributed by atoms with Crippen LogP contribution in [0.25, 0.3) is 115 Å². The molecule has 0 spiro atoms. The quantitative estimate of drug-likeness (QED) is 0.169. The van der Waals surface area contributed by atoms with E-state index in [2.05, 4.69) is 193 Å². The third kappa shape index (κ3) is 5.55. The molecule has 12 rings (SSSR count). The van der Waals surface area contributed by atoms with Crippen LogP contribution < -0.4 is 0 Å². The number of hydrogen-bond acceptors (Lipinski definition) is 4. The molecule has 0 radical (unpaired) electrons. The second kappa shape index (κ2) is 14.0. The van der Waals surface area contributed by atoms with E-state index in [0.717, 1.165) is 60.9 Å². The molecule has 0 aliphatic heterocycles. The maximum Gasteiger partial charge on any atom is 0.166 e. The summed E-state index contributed by atoms with van der Waals surface area (Å²) in [6, 6.07) is 73.2. The average molecular weight is 783 g/mol. The number of benzene rings is 9. The van der Waals surface area contributed by atoms with Gasteiger partial charge in [0.2, 0.25) is 0 Å². The normalized spacial score (nSPS) is 11.7. The van der Waals surface area contributed by atoms with Crippen LogP contribution in [0.4, 0.5) is 0 Å². The Morgan fingerprint density at radius 2 is 0.817 bits per heavy atom. The SMILES string of the molecule is c1ccc(-c2nc(-c3ccc(-c4cccc5c4sc4ccccc45)cc3)nc(-c3c(-n4c5ccccc5c5ccccc54)cc(-c4ccccc4)c4ccccc34)n2)cc1. The van der Waals surface area contributed by atoms with Crippen LogP contribution in [0.15, 0.2) is 206 Å². The summed E-state index contributed by atoms with van der Waals surface area (Å²) in [6.07, 6.45) is 0. The molecule has 0 bridgehead atoms. The van der Waals surface area contributed by atoms with Gasteiger partial charge in [0.25, 0.3) is 0 Å². The highest BCUT2D eigenvalue weighted by Gasteiger charge is 2.24. The van der Waals surface area contributed by atoms with E-state index in [9.17, 15) is 0 Å². The summed E-state index contributed by atoms with van der Waals surface area (Å²) in [6.45, 7) is 0. The van der Waals surface area contributed by atoms with Crippen LogP contribution in [0, 0.1) is 0 Å². The van der Waals surface area contributed by atoms with Gasteiger partial charge in [-0.05, 0) is 57.3 Å². The number of rotatable bonds is 6. The lowest BCUT2D eigenvalue weighted by Gasteiger charge is -2.20. The summed E-state index contributed by atoms with van der Waals surface area (Å²) >= 11 is 1.85. The molecular weight excluding hydrogens is 749 g/mol. The van der Waals surface area contributed by atoms with Crippen molar-refractivity contribution < 1.29 is 0 Å². The van der Waals surface area contributed by atoms with Crippen molar-refractivity contribution in [2.75, 3.05) is 0 Å². The van der Waals surface area contributed by atoms with E-state index in [1.165, 1.54) is 36.5 Å². The molecule has 0 aliphatic carbocycles. The molecule has 9 aromatic carbocycles. The van der Waals surface area contributed by atoms with Gasteiger partial charge in [0.15, 0.2) is 17.5 Å². The highest BCUT2D eigenvalue weighted by Crippen LogP contribution is 2.44. The van der Waals surface area contributed by atoms with Gasteiger partial charge < -0.3 is 4.57 Å². The third-order valence-electron chi connectivity index (χ3n) is 11.7. The fraction of sp³-hybridized carbons (Fsp3) is 0. The molecule has 4 nitrogen and oxygen atoms in total. The molecule has 3 aromatic heterocycles. The summed E-state index contributed by atoms with van der Waals surface area (Å²) < 4.78 is 4.99. The standard InChI is InChI=1S/C55H34N4S/c1-3-16-35(17-4-1)46-34-49(59-47-27-12-9-21-41(47)42-22-10-13-28-48(42)59)51(44-24-8-7-20-40(44)46)55-57-53(37-18-5-2-6-19-37)56-54(58-55)38-32-30-36(31-33-38)39-25-15-26-45-43-23-11-14-29-50(43)60-52(39)45/h1-34H. The summed E-state index contributed by atoms with van der Waals surface area (Å²) in [5, 5.41) is 7.18. The topological polar surface area (TPSA) is 43.6 Å². The Morgan fingerprint density at radius 3 is 1.50 bits per heavy atom. The molecule has 60 heavy (non-hydrogen) atoms. The molecule has 0 N–H and O–H groups in total. The van der Waals surface area contributed by atoms with Crippen LogP contribution in [-0.2, 0) is 0 Å². The van der Waals surface area contributed by atoms with E-state index in [-0.39, 0.29) is 0 Å². The molecule has 0 saturated heterocycles.